The van der Waals surface area contributed by atoms with Crippen LogP contribution in [0.15, 0.2) is 54.6 Å². The molecule has 2 N–H and O–H groups in total. The molecule has 1 aliphatic carbocycles. The fourth-order valence-corrected chi connectivity index (χ4v) is 4.57. The second-order valence-corrected chi connectivity index (χ2v) is 8.51. The van der Waals surface area contributed by atoms with E-state index >= 15 is 0 Å². The minimum Gasteiger partial charge on any atom is -0.481 e. The zero-order valence-electron chi connectivity index (χ0n) is 18.1. The van der Waals surface area contributed by atoms with Crippen LogP contribution in [0.3, 0.4) is 0 Å². The highest BCUT2D eigenvalue weighted by molar-refractivity contribution is 5.87. The van der Waals surface area contributed by atoms with Crippen molar-refractivity contribution in [2.24, 2.45) is 12.5 Å². The summed E-state index contributed by atoms with van der Waals surface area (Å²) in [4.78, 5) is 24.8. The SMILES string of the molecule is Cn1nnnc1[C@H](Cc1ccc(-c2ccccc2)cc1)NC(=O)C1(CC(=O)O)CCCC1. The van der Waals surface area contributed by atoms with Gasteiger partial charge in [-0.3, -0.25) is 9.59 Å². The fourth-order valence-electron chi connectivity index (χ4n) is 4.57. The number of aryl methyl sites for hydroxylation is 1. The molecule has 1 heterocycles. The third-order valence-electron chi connectivity index (χ3n) is 6.30. The molecular weight excluding hydrogens is 406 g/mol. The van der Waals surface area contributed by atoms with E-state index in [0.29, 0.717) is 25.1 Å². The Morgan fingerprint density at radius 2 is 1.72 bits per heavy atom. The number of benzene rings is 2. The van der Waals surface area contributed by atoms with Gasteiger partial charge in [-0.2, -0.15) is 0 Å². The normalized spacial score (nSPS) is 15.9. The molecule has 8 nitrogen and oxygen atoms in total. The Labute approximate surface area is 186 Å². The Morgan fingerprint density at radius 1 is 1.06 bits per heavy atom. The quantitative estimate of drug-likeness (QED) is 0.564. The maximum atomic E-state index is 13.3. The van der Waals surface area contributed by atoms with Crippen molar-refractivity contribution >= 4 is 11.9 Å². The topological polar surface area (TPSA) is 110 Å². The van der Waals surface area contributed by atoms with Crippen molar-refractivity contribution in [1.29, 1.82) is 0 Å². The average Bonchev–Trinajstić information content (AvgIpc) is 3.44. The van der Waals surface area contributed by atoms with Crippen molar-refractivity contribution in [3.63, 3.8) is 0 Å². The first kappa shape index (κ1) is 21.7. The molecule has 1 saturated carbocycles. The number of nitrogens with one attached hydrogen (secondary N) is 1. The van der Waals surface area contributed by atoms with E-state index in [2.05, 4.69) is 45.1 Å². The van der Waals surface area contributed by atoms with Gasteiger partial charge in [0.1, 0.15) is 0 Å². The number of tetrazole rings is 1. The molecule has 0 saturated heterocycles. The van der Waals surface area contributed by atoms with Gasteiger partial charge in [0.05, 0.1) is 17.9 Å². The Balaban J connectivity index is 1.56. The maximum Gasteiger partial charge on any atom is 0.304 e. The number of carboxylic acid groups (broad SMARTS) is 1. The molecule has 4 rings (SSSR count). The van der Waals surface area contributed by atoms with E-state index in [1.165, 1.54) is 0 Å². The van der Waals surface area contributed by atoms with Crippen molar-refractivity contribution in [3.05, 3.63) is 66.0 Å². The minimum atomic E-state index is -0.949. The fraction of sp³-hybridized carbons (Fsp3) is 0.375. The molecule has 0 spiro atoms. The minimum absolute atomic E-state index is 0.158. The molecule has 1 amide bonds. The highest BCUT2D eigenvalue weighted by Crippen LogP contribution is 2.42. The molecule has 1 fully saturated rings. The molecule has 166 valence electrons. The van der Waals surface area contributed by atoms with Crippen LogP contribution in [0, 0.1) is 5.41 Å². The first-order valence-electron chi connectivity index (χ1n) is 10.9. The van der Waals surface area contributed by atoms with Crippen molar-refractivity contribution in [2.75, 3.05) is 0 Å². The molecule has 0 radical (unpaired) electrons. The van der Waals surface area contributed by atoms with Gasteiger partial charge in [0.25, 0.3) is 0 Å². The zero-order chi connectivity index (χ0) is 22.6. The summed E-state index contributed by atoms with van der Waals surface area (Å²) >= 11 is 0. The van der Waals surface area contributed by atoms with Crippen LogP contribution in [0.2, 0.25) is 0 Å². The van der Waals surface area contributed by atoms with E-state index in [1.807, 2.05) is 30.3 Å². The third kappa shape index (κ3) is 4.69. The van der Waals surface area contributed by atoms with Gasteiger partial charge < -0.3 is 10.4 Å². The number of carboxylic acids is 1. The van der Waals surface area contributed by atoms with E-state index in [0.717, 1.165) is 29.5 Å². The number of nitrogens with zero attached hydrogens (tertiary/aromatic N) is 4. The van der Waals surface area contributed by atoms with E-state index in [4.69, 9.17) is 0 Å². The van der Waals surface area contributed by atoms with E-state index in [1.54, 1.807) is 11.7 Å². The predicted octanol–water partition coefficient (Wildman–Crippen LogP) is 3.31. The lowest BCUT2D eigenvalue weighted by molar-refractivity contribution is -0.145. The summed E-state index contributed by atoms with van der Waals surface area (Å²) < 4.78 is 1.54. The lowest BCUT2D eigenvalue weighted by Crippen LogP contribution is -2.43. The molecule has 0 aliphatic heterocycles. The predicted molar refractivity (Wildman–Crippen MR) is 118 cm³/mol. The van der Waals surface area contributed by atoms with Crippen LogP contribution >= 0.6 is 0 Å². The summed E-state index contributed by atoms with van der Waals surface area (Å²) in [7, 11) is 1.73. The standard InChI is InChI=1S/C24H27N5O3/c1-29-22(26-27-28-29)20(25-23(32)24(16-21(30)31)13-5-6-14-24)15-17-9-11-19(12-10-17)18-7-3-2-4-8-18/h2-4,7-12,20H,5-6,13-16H2,1H3,(H,25,32)(H,30,31)/t20-/m0/s1. The second-order valence-electron chi connectivity index (χ2n) is 8.51. The number of aliphatic carboxylic acids is 1. The lowest BCUT2D eigenvalue weighted by Gasteiger charge is -2.28. The van der Waals surface area contributed by atoms with E-state index in [9.17, 15) is 14.7 Å². The van der Waals surface area contributed by atoms with Gasteiger partial charge in [-0.05, 0) is 40.0 Å². The number of hydrogen-bond donors (Lipinski definition) is 2. The van der Waals surface area contributed by atoms with Crippen molar-refractivity contribution in [2.45, 2.75) is 44.6 Å². The van der Waals surface area contributed by atoms with Crippen LogP contribution < -0.4 is 5.32 Å². The largest absolute Gasteiger partial charge is 0.481 e. The van der Waals surface area contributed by atoms with Gasteiger partial charge in [-0.1, -0.05) is 67.4 Å². The first-order valence-corrected chi connectivity index (χ1v) is 10.9. The number of carbonyl (C=O) groups excluding carboxylic acids is 1. The summed E-state index contributed by atoms with van der Waals surface area (Å²) in [6, 6.07) is 17.8. The molecule has 3 aromatic rings. The Bertz CT molecular complexity index is 1070. The van der Waals surface area contributed by atoms with Gasteiger partial charge >= 0.3 is 5.97 Å². The van der Waals surface area contributed by atoms with Gasteiger partial charge in [-0.25, -0.2) is 4.68 Å². The Hall–Kier alpha value is -3.55. The number of carbonyl (C=O) groups is 2. The molecule has 32 heavy (non-hydrogen) atoms. The summed E-state index contributed by atoms with van der Waals surface area (Å²) in [6.45, 7) is 0. The van der Waals surface area contributed by atoms with Gasteiger partial charge in [-0.15, -0.1) is 5.10 Å². The van der Waals surface area contributed by atoms with Crippen molar-refractivity contribution < 1.29 is 14.7 Å². The van der Waals surface area contributed by atoms with Crippen molar-refractivity contribution in [1.82, 2.24) is 25.5 Å². The average molecular weight is 434 g/mol. The molecule has 1 aliphatic rings. The molecule has 0 unspecified atom stereocenters. The summed E-state index contributed by atoms with van der Waals surface area (Å²) in [5.41, 5.74) is 2.41. The van der Waals surface area contributed by atoms with Crippen LogP contribution in [0.1, 0.15) is 49.5 Å². The maximum absolute atomic E-state index is 13.3. The molecule has 1 atom stereocenters. The second kappa shape index (κ2) is 9.30. The first-order chi connectivity index (χ1) is 15.5. The van der Waals surface area contributed by atoms with Gasteiger partial charge in [0.15, 0.2) is 5.82 Å². The summed E-state index contributed by atoms with van der Waals surface area (Å²) in [6.07, 6.45) is 3.23. The third-order valence-corrected chi connectivity index (χ3v) is 6.30. The number of aromatic nitrogens is 4. The monoisotopic (exact) mass is 433 g/mol. The van der Waals surface area contributed by atoms with Crippen LogP contribution in [0.5, 0.6) is 0 Å². The highest BCUT2D eigenvalue weighted by Gasteiger charge is 2.44. The zero-order valence-corrected chi connectivity index (χ0v) is 18.1. The molecule has 8 heteroatoms. The van der Waals surface area contributed by atoms with Crippen molar-refractivity contribution in [3.8, 4) is 11.1 Å². The molecule has 2 aromatic carbocycles. The molecule has 0 bridgehead atoms. The molecule has 1 aromatic heterocycles. The summed E-state index contributed by atoms with van der Waals surface area (Å²) in [5, 5.41) is 24.2. The number of amides is 1. The lowest BCUT2D eigenvalue weighted by atomic mass is 9.81. The van der Waals surface area contributed by atoms with Crippen LogP contribution in [-0.4, -0.2) is 37.2 Å². The van der Waals surface area contributed by atoms with Gasteiger partial charge in [0.2, 0.25) is 5.91 Å². The van der Waals surface area contributed by atoms with E-state index < -0.39 is 17.4 Å². The number of hydrogen-bond acceptors (Lipinski definition) is 5. The Morgan fingerprint density at radius 3 is 2.31 bits per heavy atom. The summed E-state index contributed by atoms with van der Waals surface area (Å²) in [5.74, 6) is -0.643. The molecular formula is C24H27N5O3. The van der Waals surface area contributed by atoms with E-state index in [-0.39, 0.29) is 12.3 Å². The van der Waals surface area contributed by atoms with Crippen LogP contribution in [0.25, 0.3) is 11.1 Å². The van der Waals surface area contributed by atoms with Crippen LogP contribution in [-0.2, 0) is 23.1 Å². The van der Waals surface area contributed by atoms with Gasteiger partial charge in [0, 0.05) is 13.5 Å². The van der Waals surface area contributed by atoms with Crippen LogP contribution in [0.4, 0.5) is 0 Å². The smallest absolute Gasteiger partial charge is 0.304 e. The Kier molecular flexibility index (Phi) is 6.30. The number of rotatable bonds is 8. The highest BCUT2D eigenvalue weighted by atomic mass is 16.4.